The van der Waals surface area contributed by atoms with Gasteiger partial charge in [0, 0.05) is 13.1 Å². The molecule has 0 aromatic carbocycles. The number of carbonyl (C=O) groups excluding carboxylic acids is 2. The smallest absolute Gasteiger partial charge is 0.341 e. The molecule has 3 fully saturated rings. The van der Waals surface area contributed by atoms with Crippen molar-refractivity contribution in [1.29, 1.82) is 0 Å². The summed E-state index contributed by atoms with van der Waals surface area (Å²) in [4.78, 5) is 27.5. The van der Waals surface area contributed by atoms with Crippen molar-refractivity contribution in [3.8, 4) is 0 Å². The first kappa shape index (κ1) is 17.0. The van der Waals surface area contributed by atoms with Crippen LogP contribution in [0.2, 0.25) is 0 Å². The number of hydrogen-bond acceptors (Lipinski definition) is 7. The van der Waals surface area contributed by atoms with Crippen molar-refractivity contribution in [3.63, 3.8) is 0 Å². The molecule has 0 unspecified atom stereocenters. The molecule has 3 saturated heterocycles. The largest absolute Gasteiger partial charge is 0.459 e. The number of aliphatic hydroxyl groups is 1. The fraction of sp³-hybridized carbons (Fsp3) is 0.778. The van der Waals surface area contributed by atoms with E-state index in [2.05, 4.69) is 4.90 Å². The molecule has 0 aromatic heterocycles. The van der Waals surface area contributed by atoms with E-state index >= 15 is 0 Å². The second-order valence-corrected chi connectivity index (χ2v) is 7.93. The van der Waals surface area contributed by atoms with Crippen LogP contribution in [0.15, 0.2) is 11.6 Å². The molecule has 25 heavy (non-hydrogen) atoms. The number of ether oxygens (including phenoxy) is 3. The minimum Gasteiger partial charge on any atom is -0.459 e. The van der Waals surface area contributed by atoms with Crippen LogP contribution in [0, 0.1) is 5.92 Å². The van der Waals surface area contributed by atoms with Crippen molar-refractivity contribution in [3.05, 3.63) is 11.6 Å². The lowest BCUT2D eigenvalue weighted by Crippen LogP contribution is -2.48. The first-order valence-corrected chi connectivity index (χ1v) is 8.97. The van der Waals surface area contributed by atoms with E-state index < -0.39 is 23.1 Å². The third-order valence-electron chi connectivity index (χ3n) is 6.36. The Hall–Kier alpha value is -1.44. The average Bonchev–Trinajstić information content (AvgIpc) is 2.91. The Balaban J connectivity index is 1.66. The maximum Gasteiger partial charge on any atom is 0.341 e. The zero-order valence-corrected chi connectivity index (χ0v) is 14.9. The normalized spacial score (nSPS) is 47.4. The number of hydrogen-bond donors (Lipinski definition) is 1. The maximum absolute atomic E-state index is 12.9. The first-order chi connectivity index (χ1) is 11.8. The second-order valence-electron chi connectivity index (χ2n) is 7.93. The molecule has 1 N–H and O–H groups in total. The number of epoxide rings is 1. The summed E-state index contributed by atoms with van der Waals surface area (Å²) in [6, 6.07) is -0.0512. The monoisotopic (exact) mass is 351 g/mol. The van der Waals surface area contributed by atoms with Gasteiger partial charge in [-0.2, -0.15) is 0 Å². The molecule has 4 aliphatic rings. The highest BCUT2D eigenvalue weighted by molar-refractivity contribution is 5.84. The highest BCUT2D eigenvalue weighted by Crippen LogP contribution is 2.46. The van der Waals surface area contributed by atoms with Crippen LogP contribution in [-0.2, 0) is 23.8 Å². The number of cyclic esters (lactones) is 1. The zero-order chi connectivity index (χ0) is 18.0. The predicted octanol–water partition coefficient (Wildman–Crippen LogP) is 0.404. The van der Waals surface area contributed by atoms with Gasteiger partial charge in [-0.1, -0.05) is 13.0 Å². The Bertz CT molecular complexity index is 643. The van der Waals surface area contributed by atoms with Gasteiger partial charge in [-0.3, -0.25) is 4.90 Å². The Morgan fingerprint density at radius 3 is 2.68 bits per heavy atom. The summed E-state index contributed by atoms with van der Waals surface area (Å²) in [6.07, 6.45) is 2.48. The molecular weight excluding hydrogens is 326 g/mol. The van der Waals surface area contributed by atoms with Gasteiger partial charge < -0.3 is 19.3 Å². The van der Waals surface area contributed by atoms with Crippen LogP contribution in [0.1, 0.15) is 33.6 Å². The number of esters is 2. The molecular formula is C18H25NO6. The van der Waals surface area contributed by atoms with Crippen molar-refractivity contribution in [1.82, 2.24) is 4.90 Å². The molecule has 4 aliphatic heterocycles. The molecule has 6 atom stereocenters. The molecule has 138 valence electrons. The van der Waals surface area contributed by atoms with E-state index in [1.807, 2.05) is 13.0 Å². The summed E-state index contributed by atoms with van der Waals surface area (Å²) in [5.74, 6) is -1.55. The second kappa shape index (κ2) is 5.53. The van der Waals surface area contributed by atoms with Gasteiger partial charge in [0.15, 0.2) is 11.2 Å². The molecule has 7 nitrogen and oxygen atoms in total. The summed E-state index contributed by atoms with van der Waals surface area (Å²) in [5, 5.41) is 10.7. The van der Waals surface area contributed by atoms with Crippen LogP contribution in [0.3, 0.4) is 0 Å². The quantitative estimate of drug-likeness (QED) is 0.384. The minimum absolute atomic E-state index is 0.0512. The number of carbonyl (C=O) groups is 2. The molecule has 0 aromatic rings. The van der Waals surface area contributed by atoms with E-state index in [1.54, 1.807) is 6.92 Å². The third-order valence-corrected chi connectivity index (χ3v) is 6.36. The van der Waals surface area contributed by atoms with Gasteiger partial charge in [-0.15, -0.1) is 0 Å². The first-order valence-electron chi connectivity index (χ1n) is 8.97. The van der Waals surface area contributed by atoms with Crippen molar-refractivity contribution in [2.45, 2.75) is 63.1 Å². The molecule has 1 spiro atoms. The number of rotatable bonds is 0. The summed E-state index contributed by atoms with van der Waals surface area (Å²) in [5.41, 5.74) is -1.82. The number of nitrogens with zero attached hydrogens (tertiary/aromatic N) is 1. The van der Waals surface area contributed by atoms with Gasteiger partial charge in [0.1, 0.15) is 12.7 Å². The average molecular weight is 351 g/mol. The Kier molecular flexibility index (Phi) is 3.76. The molecule has 0 amide bonds. The highest BCUT2D eigenvalue weighted by atomic mass is 16.7. The van der Waals surface area contributed by atoms with E-state index in [1.165, 1.54) is 6.92 Å². The van der Waals surface area contributed by atoms with E-state index in [4.69, 9.17) is 14.2 Å². The van der Waals surface area contributed by atoms with Crippen molar-refractivity contribution in [2.24, 2.45) is 5.92 Å². The summed E-state index contributed by atoms with van der Waals surface area (Å²) < 4.78 is 16.9. The van der Waals surface area contributed by atoms with Crippen LogP contribution in [0.4, 0.5) is 0 Å². The van der Waals surface area contributed by atoms with Crippen LogP contribution in [0.25, 0.3) is 0 Å². The summed E-state index contributed by atoms with van der Waals surface area (Å²) in [7, 11) is 0. The minimum atomic E-state index is -1.69. The Morgan fingerprint density at radius 2 is 2.00 bits per heavy atom. The van der Waals surface area contributed by atoms with Gasteiger partial charge in [-0.25, -0.2) is 9.59 Å². The fourth-order valence-electron chi connectivity index (χ4n) is 4.31. The fourth-order valence-corrected chi connectivity index (χ4v) is 4.31. The highest BCUT2D eigenvalue weighted by Gasteiger charge is 2.64. The molecule has 0 aliphatic carbocycles. The Morgan fingerprint density at radius 1 is 1.28 bits per heavy atom. The SMILES string of the molecule is C[C@@H]1C[C@@]2(O[C@H]2C)C(=O)O[C@@H]2CCN3CC=C(COC(=O)[C@@]1(C)O)[C@H]23. The van der Waals surface area contributed by atoms with E-state index in [0.717, 1.165) is 25.1 Å². The standard InChI is InChI=1S/C18H25NO6/c1-10-8-18(11(2)25-18)16(21)24-13-5-7-19-6-4-12(14(13)19)9-23-15(20)17(10,3)22/h4,10-11,13-14,22H,5-9H2,1-3H3/t10-,11+,13-,14-,17+,18+/m1/s1. The van der Waals surface area contributed by atoms with Gasteiger partial charge in [0.05, 0.1) is 12.1 Å². The van der Waals surface area contributed by atoms with Crippen molar-refractivity contribution >= 4 is 11.9 Å². The lowest BCUT2D eigenvalue weighted by Gasteiger charge is -2.32. The van der Waals surface area contributed by atoms with Crippen LogP contribution >= 0.6 is 0 Å². The molecule has 0 bridgehead atoms. The summed E-state index contributed by atoms with van der Waals surface area (Å²) >= 11 is 0. The van der Waals surface area contributed by atoms with E-state index in [0.29, 0.717) is 0 Å². The van der Waals surface area contributed by atoms with E-state index in [-0.39, 0.29) is 37.2 Å². The lowest BCUT2D eigenvalue weighted by molar-refractivity contribution is -0.172. The van der Waals surface area contributed by atoms with Gasteiger partial charge in [0.2, 0.25) is 0 Å². The van der Waals surface area contributed by atoms with Crippen LogP contribution in [0.5, 0.6) is 0 Å². The lowest BCUT2D eigenvalue weighted by atomic mass is 9.82. The summed E-state index contributed by atoms with van der Waals surface area (Å²) in [6.45, 7) is 6.70. The van der Waals surface area contributed by atoms with Gasteiger partial charge in [-0.05, 0) is 38.2 Å². The molecule has 0 saturated carbocycles. The van der Waals surface area contributed by atoms with Crippen molar-refractivity contribution < 1.29 is 28.9 Å². The molecule has 7 heteroatoms. The van der Waals surface area contributed by atoms with E-state index in [9.17, 15) is 14.7 Å². The topological polar surface area (TPSA) is 88.6 Å². The van der Waals surface area contributed by atoms with Crippen LogP contribution in [-0.4, -0.2) is 71.1 Å². The molecule has 0 radical (unpaired) electrons. The molecule has 4 rings (SSSR count). The maximum atomic E-state index is 12.9. The third kappa shape index (κ3) is 2.52. The molecule has 4 heterocycles. The predicted molar refractivity (Wildman–Crippen MR) is 86.6 cm³/mol. The zero-order valence-electron chi connectivity index (χ0n) is 14.9. The van der Waals surface area contributed by atoms with Crippen molar-refractivity contribution in [2.75, 3.05) is 19.7 Å². The van der Waals surface area contributed by atoms with Gasteiger partial charge >= 0.3 is 11.9 Å². The Labute approximate surface area is 146 Å². The van der Waals surface area contributed by atoms with Gasteiger partial charge in [0.25, 0.3) is 0 Å². The van der Waals surface area contributed by atoms with Crippen LogP contribution < -0.4 is 0 Å².